The van der Waals surface area contributed by atoms with E-state index in [1.807, 2.05) is 78.1 Å². The summed E-state index contributed by atoms with van der Waals surface area (Å²) in [5.74, 6) is 0.986. The molecule has 3 aromatic carbocycles. The number of aromatic nitrogens is 4. The molecule has 2 heterocycles. The minimum atomic E-state index is -0.221. The summed E-state index contributed by atoms with van der Waals surface area (Å²) in [6.07, 6.45) is 0. The summed E-state index contributed by atoms with van der Waals surface area (Å²) in [4.78, 5) is 28.1. The first-order chi connectivity index (χ1) is 17.0. The van der Waals surface area contributed by atoms with Crippen molar-refractivity contribution in [2.45, 2.75) is 12.1 Å². The Balaban J connectivity index is 1.62. The van der Waals surface area contributed by atoms with Gasteiger partial charge in [-0.3, -0.25) is 14.0 Å². The fourth-order valence-corrected chi connectivity index (χ4v) is 4.84. The highest BCUT2D eigenvalue weighted by molar-refractivity contribution is 7.99. The maximum absolute atomic E-state index is 13.6. The Morgan fingerprint density at radius 2 is 1.77 bits per heavy atom. The third-order valence-corrected chi connectivity index (χ3v) is 6.73. The molecule has 5 rings (SSSR count). The first-order valence-corrected chi connectivity index (χ1v) is 12.0. The molecule has 0 unspecified atom stereocenters. The number of nitrogens with zero attached hydrogens (tertiary/aromatic N) is 5. The normalized spacial score (nSPS) is 11.2. The van der Waals surface area contributed by atoms with Crippen molar-refractivity contribution in [2.75, 3.05) is 24.8 Å². The molecule has 0 aliphatic rings. The highest BCUT2D eigenvalue weighted by atomic mass is 32.2. The Morgan fingerprint density at radius 1 is 1.03 bits per heavy atom. The summed E-state index contributed by atoms with van der Waals surface area (Å²) in [6.45, 7) is 1.95. The Kier molecular flexibility index (Phi) is 6.00. The molecule has 0 aliphatic heterocycles. The number of thioether (sulfide) groups is 1. The molecule has 0 radical (unpaired) electrons. The lowest BCUT2D eigenvalue weighted by Gasteiger charge is -2.17. The van der Waals surface area contributed by atoms with Crippen LogP contribution in [0, 0.1) is 6.92 Å². The molecular weight excluding hydrogens is 462 g/mol. The number of anilines is 1. The summed E-state index contributed by atoms with van der Waals surface area (Å²) in [7, 11) is 3.31. The SMILES string of the molecule is COc1ccc(C)cc1-n1c(=O)c2ccccc2n2c(SCC(=O)N(C)c3ccccc3)nnc12. The maximum atomic E-state index is 13.6. The van der Waals surface area contributed by atoms with Gasteiger partial charge in [0.25, 0.3) is 5.56 Å². The first-order valence-electron chi connectivity index (χ1n) is 11.0. The third kappa shape index (κ3) is 4.04. The Labute approximate surface area is 205 Å². The van der Waals surface area contributed by atoms with Crippen molar-refractivity contribution in [3.63, 3.8) is 0 Å². The molecule has 2 aromatic heterocycles. The predicted molar refractivity (Wildman–Crippen MR) is 138 cm³/mol. The fraction of sp³-hybridized carbons (Fsp3) is 0.154. The topological polar surface area (TPSA) is 81.7 Å². The Morgan fingerprint density at radius 3 is 2.54 bits per heavy atom. The van der Waals surface area contributed by atoms with Gasteiger partial charge in [-0.05, 0) is 48.9 Å². The van der Waals surface area contributed by atoms with E-state index >= 15 is 0 Å². The van der Waals surface area contributed by atoms with E-state index < -0.39 is 0 Å². The van der Waals surface area contributed by atoms with E-state index in [2.05, 4.69) is 10.2 Å². The van der Waals surface area contributed by atoms with Crippen LogP contribution in [0.15, 0.2) is 82.7 Å². The van der Waals surface area contributed by atoms with Gasteiger partial charge in [-0.15, -0.1) is 10.2 Å². The monoisotopic (exact) mass is 485 g/mol. The van der Waals surface area contributed by atoms with Crippen LogP contribution >= 0.6 is 11.8 Å². The van der Waals surface area contributed by atoms with Crippen LogP contribution in [0.25, 0.3) is 22.4 Å². The Hall–Kier alpha value is -4.11. The average Bonchev–Trinajstić information content (AvgIpc) is 3.31. The van der Waals surface area contributed by atoms with Gasteiger partial charge in [-0.1, -0.05) is 48.2 Å². The van der Waals surface area contributed by atoms with Gasteiger partial charge in [0.05, 0.1) is 29.5 Å². The van der Waals surface area contributed by atoms with Crippen LogP contribution in [0.4, 0.5) is 5.69 Å². The molecule has 5 aromatic rings. The van der Waals surface area contributed by atoms with Crippen molar-refractivity contribution in [1.29, 1.82) is 0 Å². The highest BCUT2D eigenvalue weighted by Crippen LogP contribution is 2.28. The van der Waals surface area contributed by atoms with Gasteiger partial charge < -0.3 is 9.64 Å². The van der Waals surface area contributed by atoms with Crippen molar-refractivity contribution < 1.29 is 9.53 Å². The van der Waals surface area contributed by atoms with Crippen LogP contribution < -0.4 is 15.2 Å². The second-order valence-electron chi connectivity index (χ2n) is 8.03. The van der Waals surface area contributed by atoms with Crippen molar-refractivity contribution in [2.24, 2.45) is 0 Å². The van der Waals surface area contributed by atoms with Gasteiger partial charge in [0.15, 0.2) is 5.16 Å². The molecular formula is C26H23N5O3S. The molecule has 1 amide bonds. The molecule has 0 aliphatic carbocycles. The number of aryl methyl sites for hydroxylation is 1. The quantitative estimate of drug-likeness (QED) is 0.337. The van der Waals surface area contributed by atoms with Crippen LogP contribution in [0.2, 0.25) is 0 Å². The van der Waals surface area contributed by atoms with E-state index in [1.54, 1.807) is 25.1 Å². The van der Waals surface area contributed by atoms with Crippen molar-refractivity contribution in [3.8, 4) is 11.4 Å². The van der Waals surface area contributed by atoms with E-state index in [1.165, 1.54) is 16.3 Å². The molecule has 0 N–H and O–H groups in total. The number of para-hydroxylation sites is 2. The van der Waals surface area contributed by atoms with Gasteiger partial charge in [-0.2, -0.15) is 0 Å². The number of hydrogen-bond donors (Lipinski definition) is 0. The van der Waals surface area contributed by atoms with Crippen molar-refractivity contribution in [3.05, 3.63) is 88.7 Å². The molecule has 0 atom stereocenters. The number of rotatable bonds is 6. The molecule has 35 heavy (non-hydrogen) atoms. The predicted octanol–water partition coefficient (Wildman–Crippen LogP) is 4.11. The number of ether oxygens (including phenoxy) is 1. The van der Waals surface area contributed by atoms with Crippen LogP contribution in [0.1, 0.15) is 5.56 Å². The summed E-state index contributed by atoms with van der Waals surface area (Å²) >= 11 is 1.28. The number of benzene rings is 3. The molecule has 0 saturated heterocycles. The summed E-state index contributed by atoms with van der Waals surface area (Å²) < 4.78 is 8.89. The lowest BCUT2D eigenvalue weighted by Crippen LogP contribution is -2.28. The van der Waals surface area contributed by atoms with Crippen molar-refractivity contribution in [1.82, 2.24) is 19.2 Å². The molecule has 9 heteroatoms. The molecule has 0 bridgehead atoms. The van der Waals surface area contributed by atoms with Gasteiger partial charge in [-0.25, -0.2) is 4.57 Å². The zero-order chi connectivity index (χ0) is 24.5. The molecule has 0 fully saturated rings. The number of hydrogen-bond acceptors (Lipinski definition) is 6. The number of fused-ring (bicyclic) bond motifs is 3. The largest absolute Gasteiger partial charge is 0.495 e. The number of methoxy groups -OCH3 is 1. The fourth-order valence-electron chi connectivity index (χ4n) is 3.98. The van der Waals surface area contributed by atoms with E-state index in [-0.39, 0.29) is 17.2 Å². The van der Waals surface area contributed by atoms with E-state index in [0.29, 0.717) is 33.3 Å². The average molecular weight is 486 g/mol. The van der Waals surface area contributed by atoms with Gasteiger partial charge in [0.1, 0.15) is 5.75 Å². The first kappa shape index (κ1) is 22.7. The number of carbonyl (C=O) groups is 1. The van der Waals surface area contributed by atoms with Crippen LogP contribution in [-0.4, -0.2) is 45.0 Å². The zero-order valence-electron chi connectivity index (χ0n) is 19.5. The lowest BCUT2D eigenvalue weighted by molar-refractivity contribution is -0.115. The summed E-state index contributed by atoms with van der Waals surface area (Å²) in [5.41, 5.74) is 2.82. The third-order valence-electron chi connectivity index (χ3n) is 5.81. The summed E-state index contributed by atoms with van der Waals surface area (Å²) in [5, 5.41) is 9.76. The zero-order valence-corrected chi connectivity index (χ0v) is 20.3. The molecule has 0 spiro atoms. The van der Waals surface area contributed by atoms with Crippen LogP contribution in [-0.2, 0) is 4.79 Å². The Bertz CT molecular complexity index is 1610. The van der Waals surface area contributed by atoms with Gasteiger partial charge >= 0.3 is 0 Å². The summed E-state index contributed by atoms with van der Waals surface area (Å²) in [6, 6.07) is 22.4. The van der Waals surface area contributed by atoms with Crippen LogP contribution in [0.3, 0.4) is 0 Å². The smallest absolute Gasteiger partial charge is 0.267 e. The minimum absolute atomic E-state index is 0.0732. The lowest BCUT2D eigenvalue weighted by atomic mass is 10.2. The molecule has 0 saturated carbocycles. The minimum Gasteiger partial charge on any atom is -0.495 e. The number of amides is 1. The van der Waals surface area contributed by atoms with Gasteiger partial charge in [0, 0.05) is 12.7 Å². The maximum Gasteiger partial charge on any atom is 0.267 e. The van der Waals surface area contributed by atoms with E-state index in [0.717, 1.165) is 11.3 Å². The highest BCUT2D eigenvalue weighted by Gasteiger charge is 2.21. The standard InChI is InChI=1S/C26H23N5O3S/c1-17-13-14-22(34-3)21(15-17)30-24(33)19-11-7-8-12-20(19)31-25(30)27-28-26(31)35-16-23(32)29(2)18-9-5-4-6-10-18/h4-15H,16H2,1-3H3. The van der Waals surface area contributed by atoms with Crippen LogP contribution in [0.5, 0.6) is 5.75 Å². The van der Waals surface area contributed by atoms with Crippen molar-refractivity contribution >= 4 is 40.0 Å². The second kappa shape index (κ2) is 9.27. The van der Waals surface area contributed by atoms with Gasteiger partial charge in [0.2, 0.25) is 11.7 Å². The second-order valence-corrected chi connectivity index (χ2v) is 8.97. The number of carbonyl (C=O) groups excluding carboxylic acids is 1. The van der Waals surface area contributed by atoms with E-state index in [4.69, 9.17) is 4.74 Å². The van der Waals surface area contributed by atoms with E-state index in [9.17, 15) is 9.59 Å². The molecule has 176 valence electrons. The molecule has 8 nitrogen and oxygen atoms in total.